The van der Waals surface area contributed by atoms with Crippen LogP contribution < -0.4 is 0 Å². The van der Waals surface area contributed by atoms with Gasteiger partial charge in [0.25, 0.3) is 0 Å². The third-order valence-electron chi connectivity index (χ3n) is 3.63. The van der Waals surface area contributed by atoms with Gasteiger partial charge in [0.15, 0.2) is 5.78 Å². The molecule has 0 N–H and O–H groups in total. The van der Waals surface area contributed by atoms with Crippen LogP contribution >= 0.6 is 0 Å². The predicted molar refractivity (Wildman–Crippen MR) is 78.3 cm³/mol. The summed E-state index contributed by atoms with van der Waals surface area (Å²) >= 11 is 0. The summed E-state index contributed by atoms with van der Waals surface area (Å²) < 4.78 is 4.94. The molecule has 4 heteroatoms. The molecule has 0 fully saturated rings. The van der Waals surface area contributed by atoms with E-state index in [4.69, 9.17) is 4.74 Å². The number of pyridine rings is 1. The van der Waals surface area contributed by atoms with Gasteiger partial charge < -0.3 is 4.74 Å². The molecule has 0 aliphatic heterocycles. The molecule has 0 amide bonds. The number of hydrogen-bond acceptors (Lipinski definition) is 4. The lowest BCUT2D eigenvalue weighted by molar-refractivity contribution is 0.0526. The highest BCUT2D eigenvalue weighted by atomic mass is 16.5. The Morgan fingerprint density at radius 3 is 2.71 bits per heavy atom. The Balaban J connectivity index is 1.96. The number of nitrogens with zero attached hydrogens (tertiary/aromatic N) is 1. The fourth-order valence-electron chi connectivity index (χ4n) is 2.62. The van der Waals surface area contributed by atoms with E-state index in [-0.39, 0.29) is 11.8 Å². The first-order chi connectivity index (χ1) is 10.2. The number of esters is 1. The fraction of sp³-hybridized carbons (Fsp3) is 0.235. The third kappa shape index (κ3) is 2.44. The molecule has 1 aromatic heterocycles. The minimum Gasteiger partial charge on any atom is -0.462 e. The molecule has 0 bridgehead atoms. The molecule has 0 radical (unpaired) electrons. The first-order valence-electron chi connectivity index (χ1n) is 6.99. The SMILES string of the molecule is CCOC(=O)c1ccc(-c2cccc3c2CCC3=O)nc1. The van der Waals surface area contributed by atoms with Crippen molar-refractivity contribution in [2.75, 3.05) is 6.61 Å². The highest BCUT2D eigenvalue weighted by molar-refractivity contribution is 6.02. The van der Waals surface area contributed by atoms with Gasteiger partial charge in [-0.3, -0.25) is 9.78 Å². The van der Waals surface area contributed by atoms with E-state index in [9.17, 15) is 9.59 Å². The minimum atomic E-state index is -0.370. The summed E-state index contributed by atoms with van der Waals surface area (Å²) in [5, 5.41) is 0. The van der Waals surface area contributed by atoms with Crippen LogP contribution in [0.2, 0.25) is 0 Å². The second-order valence-electron chi connectivity index (χ2n) is 4.91. The summed E-state index contributed by atoms with van der Waals surface area (Å²) in [6.07, 6.45) is 2.84. The Hall–Kier alpha value is -2.49. The van der Waals surface area contributed by atoms with Crippen LogP contribution in [0.15, 0.2) is 36.5 Å². The van der Waals surface area contributed by atoms with Crippen LogP contribution in [0.3, 0.4) is 0 Å². The van der Waals surface area contributed by atoms with Gasteiger partial charge in [-0.05, 0) is 31.0 Å². The maximum Gasteiger partial charge on any atom is 0.339 e. The zero-order valence-corrected chi connectivity index (χ0v) is 11.8. The molecule has 0 saturated carbocycles. The Labute approximate surface area is 122 Å². The van der Waals surface area contributed by atoms with Gasteiger partial charge in [0.05, 0.1) is 17.9 Å². The number of ether oxygens (including phenoxy) is 1. The lowest BCUT2D eigenvalue weighted by Gasteiger charge is -2.08. The number of carbonyl (C=O) groups is 2. The number of carbonyl (C=O) groups excluding carboxylic acids is 2. The molecular formula is C17H15NO3. The lowest BCUT2D eigenvalue weighted by atomic mass is 10.00. The molecule has 4 nitrogen and oxygen atoms in total. The summed E-state index contributed by atoms with van der Waals surface area (Å²) in [5.41, 5.74) is 4.02. The molecular weight excluding hydrogens is 266 g/mol. The summed E-state index contributed by atoms with van der Waals surface area (Å²) in [6, 6.07) is 9.20. The number of Topliss-reactive ketones (excluding diaryl/α,β-unsaturated/α-hetero) is 1. The molecule has 21 heavy (non-hydrogen) atoms. The highest BCUT2D eigenvalue weighted by Gasteiger charge is 2.22. The highest BCUT2D eigenvalue weighted by Crippen LogP contribution is 2.31. The largest absolute Gasteiger partial charge is 0.462 e. The number of ketones is 1. The molecule has 0 saturated heterocycles. The molecule has 1 aliphatic rings. The van der Waals surface area contributed by atoms with Crippen molar-refractivity contribution in [1.29, 1.82) is 0 Å². The number of aromatic nitrogens is 1. The summed E-state index contributed by atoms with van der Waals surface area (Å²) in [6.45, 7) is 2.11. The fourth-order valence-corrected chi connectivity index (χ4v) is 2.62. The Morgan fingerprint density at radius 2 is 2.00 bits per heavy atom. The van der Waals surface area contributed by atoms with Gasteiger partial charge >= 0.3 is 5.97 Å². The molecule has 0 atom stereocenters. The average Bonchev–Trinajstić information content (AvgIpc) is 2.89. The molecule has 0 unspecified atom stereocenters. The standard InChI is InChI=1S/C17H15NO3/c1-2-21-17(20)11-6-8-15(18-10-11)13-4-3-5-14-12(13)7-9-16(14)19/h3-6,8,10H,2,7,9H2,1H3. The second-order valence-corrected chi connectivity index (χ2v) is 4.91. The van der Waals surface area contributed by atoms with E-state index in [0.717, 1.165) is 28.8 Å². The monoisotopic (exact) mass is 281 g/mol. The van der Waals surface area contributed by atoms with Gasteiger partial charge in [-0.15, -0.1) is 0 Å². The van der Waals surface area contributed by atoms with Crippen LogP contribution in [0, 0.1) is 0 Å². The summed E-state index contributed by atoms with van der Waals surface area (Å²) in [5.74, 6) is -0.181. The van der Waals surface area contributed by atoms with Crippen LogP contribution in [-0.2, 0) is 11.2 Å². The third-order valence-corrected chi connectivity index (χ3v) is 3.63. The smallest absolute Gasteiger partial charge is 0.339 e. The molecule has 1 aliphatic carbocycles. The van der Waals surface area contributed by atoms with Crippen molar-refractivity contribution < 1.29 is 14.3 Å². The van der Waals surface area contributed by atoms with Crippen LogP contribution in [-0.4, -0.2) is 23.3 Å². The zero-order chi connectivity index (χ0) is 14.8. The molecule has 106 valence electrons. The van der Waals surface area contributed by atoms with Crippen molar-refractivity contribution in [1.82, 2.24) is 4.98 Å². The molecule has 1 aromatic carbocycles. The predicted octanol–water partition coefficient (Wildman–Crippen LogP) is 3.05. The van der Waals surface area contributed by atoms with Crippen molar-refractivity contribution in [3.05, 3.63) is 53.2 Å². The summed E-state index contributed by atoms with van der Waals surface area (Å²) in [4.78, 5) is 27.7. The van der Waals surface area contributed by atoms with Gasteiger partial charge in [0.2, 0.25) is 0 Å². The van der Waals surface area contributed by atoms with E-state index in [1.807, 2.05) is 18.2 Å². The minimum absolute atomic E-state index is 0.190. The van der Waals surface area contributed by atoms with Gasteiger partial charge in [-0.2, -0.15) is 0 Å². The number of benzene rings is 1. The van der Waals surface area contributed by atoms with Crippen molar-refractivity contribution in [3.63, 3.8) is 0 Å². The van der Waals surface area contributed by atoms with E-state index in [2.05, 4.69) is 4.98 Å². The summed E-state index contributed by atoms with van der Waals surface area (Å²) in [7, 11) is 0. The first-order valence-corrected chi connectivity index (χ1v) is 6.99. The van der Waals surface area contributed by atoms with Crippen molar-refractivity contribution in [2.24, 2.45) is 0 Å². The van der Waals surface area contributed by atoms with E-state index in [1.165, 1.54) is 6.20 Å². The quantitative estimate of drug-likeness (QED) is 0.811. The first kappa shape index (κ1) is 13.5. The molecule has 1 heterocycles. The number of rotatable bonds is 3. The van der Waals surface area contributed by atoms with Crippen LogP contribution in [0.4, 0.5) is 0 Å². The van der Waals surface area contributed by atoms with Crippen molar-refractivity contribution >= 4 is 11.8 Å². The van der Waals surface area contributed by atoms with E-state index in [0.29, 0.717) is 18.6 Å². The van der Waals surface area contributed by atoms with Crippen molar-refractivity contribution in [3.8, 4) is 11.3 Å². The maximum absolute atomic E-state index is 11.8. The molecule has 3 rings (SSSR count). The zero-order valence-electron chi connectivity index (χ0n) is 11.8. The molecule has 2 aromatic rings. The van der Waals surface area contributed by atoms with Gasteiger partial charge in [-0.25, -0.2) is 4.79 Å². The van der Waals surface area contributed by atoms with Gasteiger partial charge in [0, 0.05) is 23.7 Å². The van der Waals surface area contributed by atoms with Crippen molar-refractivity contribution in [2.45, 2.75) is 19.8 Å². The van der Waals surface area contributed by atoms with Gasteiger partial charge in [-0.1, -0.05) is 18.2 Å². The Bertz CT molecular complexity index is 704. The average molecular weight is 281 g/mol. The Morgan fingerprint density at radius 1 is 1.19 bits per heavy atom. The Kier molecular flexibility index (Phi) is 3.52. The normalized spacial score (nSPS) is 13.1. The lowest BCUT2D eigenvalue weighted by Crippen LogP contribution is -2.05. The second kappa shape index (κ2) is 5.48. The maximum atomic E-state index is 11.8. The van der Waals surface area contributed by atoms with E-state index >= 15 is 0 Å². The van der Waals surface area contributed by atoms with E-state index < -0.39 is 0 Å². The van der Waals surface area contributed by atoms with Gasteiger partial charge in [0.1, 0.15) is 0 Å². The number of hydrogen-bond donors (Lipinski definition) is 0. The molecule has 0 spiro atoms. The van der Waals surface area contributed by atoms with E-state index in [1.54, 1.807) is 19.1 Å². The number of fused-ring (bicyclic) bond motifs is 1. The van der Waals surface area contributed by atoms with Crippen LogP contribution in [0.1, 0.15) is 39.6 Å². The topological polar surface area (TPSA) is 56.3 Å². The van der Waals surface area contributed by atoms with Crippen LogP contribution in [0.5, 0.6) is 0 Å². The van der Waals surface area contributed by atoms with Crippen LogP contribution in [0.25, 0.3) is 11.3 Å².